The highest BCUT2D eigenvalue weighted by Crippen LogP contribution is 2.41. The maximum atomic E-state index is 12.5. The van der Waals surface area contributed by atoms with Gasteiger partial charge in [0.25, 0.3) is 0 Å². The molecule has 3 heterocycles. The van der Waals surface area contributed by atoms with Crippen molar-refractivity contribution in [1.29, 1.82) is 10.5 Å². The monoisotopic (exact) mass is 389 g/mol. The zero-order valence-electron chi connectivity index (χ0n) is 16.8. The van der Waals surface area contributed by atoms with E-state index in [-0.39, 0.29) is 6.09 Å². The summed E-state index contributed by atoms with van der Waals surface area (Å²) in [5, 5.41) is 18.1. The van der Waals surface area contributed by atoms with Gasteiger partial charge in [0.05, 0.1) is 0 Å². The van der Waals surface area contributed by atoms with E-state index in [2.05, 4.69) is 9.97 Å². The Morgan fingerprint density at radius 2 is 1.48 bits per heavy atom. The summed E-state index contributed by atoms with van der Waals surface area (Å²) in [5.41, 5.74) is 1.69. The first-order valence-electron chi connectivity index (χ1n) is 9.49. The van der Waals surface area contributed by atoms with Gasteiger partial charge in [-0.3, -0.25) is 0 Å². The number of carbonyl (C=O) groups is 1. The van der Waals surface area contributed by atoms with Crippen LogP contribution in [0.5, 0.6) is 0 Å². The van der Waals surface area contributed by atoms with E-state index >= 15 is 0 Å². The highest BCUT2D eigenvalue weighted by atomic mass is 16.6. The number of piperidine rings is 1. The lowest BCUT2D eigenvalue weighted by Gasteiger charge is -2.42. The van der Waals surface area contributed by atoms with E-state index in [9.17, 15) is 4.79 Å². The van der Waals surface area contributed by atoms with Crippen LogP contribution in [-0.2, 0) is 10.2 Å². The fourth-order valence-corrected chi connectivity index (χ4v) is 3.63. The molecule has 0 bridgehead atoms. The zero-order valence-corrected chi connectivity index (χ0v) is 16.8. The van der Waals surface area contributed by atoms with Crippen molar-refractivity contribution in [2.45, 2.75) is 44.6 Å². The Labute approximate surface area is 170 Å². The standard InChI is InChI=1S/C22H23N5O2/c1-21(2,3)29-20(28)27-10-8-22(9-11-27,16-4-6-18(12-23)25-14-16)17-5-7-19(13-24)26-15-17/h4-7,14-15H,8-11H2,1-3H3. The molecule has 0 aromatic carbocycles. The maximum Gasteiger partial charge on any atom is 0.410 e. The van der Waals surface area contributed by atoms with E-state index in [4.69, 9.17) is 15.3 Å². The van der Waals surface area contributed by atoms with Gasteiger partial charge < -0.3 is 9.64 Å². The lowest BCUT2D eigenvalue weighted by atomic mass is 9.69. The predicted molar refractivity (Wildman–Crippen MR) is 106 cm³/mol. The molecule has 0 spiro atoms. The molecule has 7 nitrogen and oxygen atoms in total. The van der Waals surface area contributed by atoms with Gasteiger partial charge in [0.2, 0.25) is 0 Å². The molecule has 2 aromatic rings. The summed E-state index contributed by atoms with van der Waals surface area (Å²) in [4.78, 5) is 22.7. The molecule has 29 heavy (non-hydrogen) atoms. The third-order valence-corrected chi connectivity index (χ3v) is 5.13. The van der Waals surface area contributed by atoms with Crippen LogP contribution in [0.4, 0.5) is 4.79 Å². The summed E-state index contributed by atoms with van der Waals surface area (Å²) in [5.74, 6) is 0. The van der Waals surface area contributed by atoms with Gasteiger partial charge in [-0.25, -0.2) is 14.8 Å². The molecule has 1 aliphatic rings. The van der Waals surface area contributed by atoms with E-state index in [1.807, 2.05) is 45.0 Å². The minimum absolute atomic E-state index is 0.318. The van der Waals surface area contributed by atoms with Crippen molar-refractivity contribution in [2.24, 2.45) is 0 Å². The molecule has 0 atom stereocenters. The smallest absolute Gasteiger partial charge is 0.410 e. The third-order valence-electron chi connectivity index (χ3n) is 5.13. The lowest BCUT2D eigenvalue weighted by Crippen LogP contribution is -2.47. The van der Waals surface area contributed by atoms with Gasteiger partial charge in [0.1, 0.15) is 29.1 Å². The Balaban J connectivity index is 1.92. The van der Waals surface area contributed by atoms with E-state index in [1.165, 1.54) is 0 Å². The molecule has 3 rings (SSSR count). The molecule has 1 saturated heterocycles. The van der Waals surface area contributed by atoms with Crippen molar-refractivity contribution < 1.29 is 9.53 Å². The van der Waals surface area contributed by atoms with Crippen LogP contribution >= 0.6 is 0 Å². The molecule has 0 radical (unpaired) electrons. The molecular weight excluding hydrogens is 366 g/mol. The summed E-state index contributed by atoms with van der Waals surface area (Å²) in [6, 6.07) is 11.3. The number of hydrogen-bond donors (Lipinski definition) is 0. The minimum atomic E-state index is -0.542. The van der Waals surface area contributed by atoms with Gasteiger partial charge in [-0.2, -0.15) is 10.5 Å². The lowest BCUT2D eigenvalue weighted by molar-refractivity contribution is 0.0180. The van der Waals surface area contributed by atoms with Crippen molar-refractivity contribution in [2.75, 3.05) is 13.1 Å². The molecule has 148 valence electrons. The van der Waals surface area contributed by atoms with Crippen LogP contribution in [0, 0.1) is 22.7 Å². The average Bonchev–Trinajstić information content (AvgIpc) is 2.72. The molecular formula is C22H23N5O2. The van der Waals surface area contributed by atoms with Crippen LogP contribution in [0.15, 0.2) is 36.7 Å². The van der Waals surface area contributed by atoms with Crippen molar-refractivity contribution in [1.82, 2.24) is 14.9 Å². The Hall–Kier alpha value is -3.45. The van der Waals surface area contributed by atoms with Crippen molar-refractivity contribution in [3.05, 3.63) is 59.2 Å². The number of nitriles is 2. The van der Waals surface area contributed by atoms with Crippen LogP contribution in [0.25, 0.3) is 0 Å². The maximum absolute atomic E-state index is 12.5. The van der Waals surface area contributed by atoms with Crippen LogP contribution in [0.3, 0.4) is 0 Å². The van der Waals surface area contributed by atoms with Gasteiger partial charge in [0.15, 0.2) is 0 Å². The Morgan fingerprint density at radius 1 is 1.00 bits per heavy atom. The summed E-state index contributed by atoms with van der Waals surface area (Å²) >= 11 is 0. The molecule has 1 fully saturated rings. The van der Waals surface area contributed by atoms with Crippen LogP contribution in [0.2, 0.25) is 0 Å². The van der Waals surface area contributed by atoms with Crippen molar-refractivity contribution in [3.8, 4) is 12.1 Å². The van der Waals surface area contributed by atoms with Crippen LogP contribution < -0.4 is 0 Å². The summed E-state index contributed by atoms with van der Waals surface area (Å²) in [6.07, 6.45) is 4.45. The number of nitrogens with zero attached hydrogens (tertiary/aromatic N) is 5. The highest BCUT2D eigenvalue weighted by Gasteiger charge is 2.40. The number of likely N-dealkylation sites (tertiary alicyclic amines) is 1. The number of rotatable bonds is 2. The number of amides is 1. The molecule has 1 amide bonds. The normalized spacial score (nSPS) is 15.8. The Kier molecular flexibility index (Phi) is 5.52. The summed E-state index contributed by atoms with van der Waals surface area (Å²) < 4.78 is 5.51. The average molecular weight is 389 g/mol. The molecule has 0 aliphatic carbocycles. The topological polar surface area (TPSA) is 103 Å². The van der Waals surface area contributed by atoms with Gasteiger partial charge >= 0.3 is 6.09 Å². The van der Waals surface area contributed by atoms with Gasteiger partial charge in [-0.1, -0.05) is 12.1 Å². The molecule has 2 aromatic heterocycles. The number of hydrogen-bond acceptors (Lipinski definition) is 6. The van der Waals surface area contributed by atoms with Gasteiger partial charge in [-0.05, 0) is 56.9 Å². The van der Waals surface area contributed by atoms with Crippen LogP contribution in [0.1, 0.15) is 56.1 Å². The number of aromatic nitrogens is 2. The molecule has 7 heteroatoms. The second-order valence-electron chi connectivity index (χ2n) is 8.14. The van der Waals surface area contributed by atoms with E-state index in [1.54, 1.807) is 29.4 Å². The quantitative estimate of drug-likeness (QED) is 0.778. The molecule has 0 unspecified atom stereocenters. The van der Waals surface area contributed by atoms with E-state index in [0.717, 1.165) is 11.1 Å². The fourth-order valence-electron chi connectivity index (χ4n) is 3.63. The van der Waals surface area contributed by atoms with Crippen molar-refractivity contribution >= 4 is 6.09 Å². The number of carbonyl (C=O) groups excluding carboxylic acids is 1. The predicted octanol–water partition coefficient (Wildman–Crippen LogP) is 3.54. The van der Waals surface area contributed by atoms with Gasteiger partial charge in [-0.15, -0.1) is 0 Å². The molecule has 0 saturated carbocycles. The van der Waals surface area contributed by atoms with Crippen LogP contribution in [-0.4, -0.2) is 39.7 Å². The minimum Gasteiger partial charge on any atom is -0.444 e. The Bertz CT molecular complexity index is 895. The number of pyridine rings is 2. The fraction of sp³-hybridized carbons (Fsp3) is 0.409. The third kappa shape index (κ3) is 4.35. The Morgan fingerprint density at radius 3 is 1.83 bits per heavy atom. The first-order chi connectivity index (χ1) is 13.8. The van der Waals surface area contributed by atoms with Gasteiger partial charge in [0, 0.05) is 30.9 Å². The number of ether oxygens (including phenoxy) is 1. The second kappa shape index (κ2) is 7.89. The van der Waals surface area contributed by atoms with E-state index in [0.29, 0.717) is 37.3 Å². The largest absolute Gasteiger partial charge is 0.444 e. The SMILES string of the molecule is CC(C)(C)OC(=O)N1CCC(c2ccc(C#N)nc2)(c2ccc(C#N)nc2)CC1. The first-order valence-corrected chi connectivity index (χ1v) is 9.49. The van der Waals surface area contributed by atoms with E-state index < -0.39 is 11.0 Å². The first kappa shape index (κ1) is 20.3. The second-order valence-corrected chi connectivity index (χ2v) is 8.14. The van der Waals surface area contributed by atoms with Crippen molar-refractivity contribution in [3.63, 3.8) is 0 Å². The molecule has 0 N–H and O–H groups in total. The molecule has 1 aliphatic heterocycles. The summed E-state index contributed by atoms with van der Waals surface area (Å²) in [7, 11) is 0. The highest BCUT2D eigenvalue weighted by molar-refractivity contribution is 5.68. The summed E-state index contributed by atoms with van der Waals surface area (Å²) in [6.45, 7) is 6.60. The zero-order chi connectivity index (χ0) is 21.1.